The summed E-state index contributed by atoms with van der Waals surface area (Å²) >= 11 is 0. The Labute approximate surface area is 155 Å². The van der Waals surface area contributed by atoms with Gasteiger partial charge >= 0.3 is 0 Å². The van der Waals surface area contributed by atoms with Crippen molar-refractivity contribution in [3.05, 3.63) is 66.7 Å². The first-order valence-corrected chi connectivity index (χ1v) is 8.75. The first-order chi connectivity index (χ1) is 13.2. The smallest absolute Gasteiger partial charge is 0.123 e. The molecule has 0 spiro atoms. The maximum Gasteiger partial charge on any atom is 0.123 e. The predicted molar refractivity (Wildman–Crippen MR) is 103 cm³/mol. The molecular weight excluding hydrogens is 340 g/mol. The molecule has 0 saturated carbocycles. The van der Waals surface area contributed by atoms with Gasteiger partial charge in [0.25, 0.3) is 0 Å². The fourth-order valence-corrected chi connectivity index (χ4v) is 3.42. The Morgan fingerprint density at radius 2 is 2.07 bits per heavy atom. The molecule has 7 heteroatoms. The van der Waals surface area contributed by atoms with E-state index in [4.69, 9.17) is 4.74 Å². The van der Waals surface area contributed by atoms with Crippen LogP contribution in [-0.4, -0.2) is 29.6 Å². The number of aryl methyl sites for hydroxylation is 1. The molecule has 5 rings (SSSR count). The summed E-state index contributed by atoms with van der Waals surface area (Å²) in [5.41, 5.74) is 4.94. The molecule has 0 saturated heterocycles. The highest BCUT2D eigenvalue weighted by Gasteiger charge is 2.14. The maximum absolute atomic E-state index is 6.25. The zero-order valence-electron chi connectivity index (χ0n) is 15.0. The van der Waals surface area contributed by atoms with Gasteiger partial charge in [-0.2, -0.15) is 15.3 Å². The van der Waals surface area contributed by atoms with Gasteiger partial charge in [0.15, 0.2) is 0 Å². The van der Waals surface area contributed by atoms with Crippen molar-refractivity contribution in [3.63, 3.8) is 0 Å². The monoisotopic (exact) mass is 358 g/mol. The van der Waals surface area contributed by atoms with Gasteiger partial charge in [-0.05, 0) is 37.3 Å². The van der Waals surface area contributed by atoms with Crippen LogP contribution in [0.25, 0.3) is 27.7 Å². The van der Waals surface area contributed by atoms with Crippen molar-refractivity contribution < 1.29 is 4.74 Å². The van der Waals surface area contributed by atoms with E-state index < -0.39 is 0 Å². The van der Waals surface area contributed by atoms with Gasteiger partial charge in [-0.15, -0.1) is 0 Å². The summed E-state index contributed by atoms with van der Waals surface area (Å²) in [5, 5.41) is 17.1. The van der Waals surface area contributed by atoms with E-state index in [1.54, 1.807) is 10.9 Å². The van der Waals surface area contributed by atoms with Gasteiger partial charge in [0.05, 0.1) is 17.2 Å². The lowest BCUT2D eigenvalue weighted by Crippen LogP contribution is -2.05. The van der Waals surface area contributed by atoms with Gasteiger partial charge in [0, 0.05) is 42.2 Å². The molecule has 4 aromatic heterocycles. The SMILES string of the molecule is CC(Oc1ccc2[nH]nc(-c3cnn(C)c3)c2c1)c1cccn2nccc12. The van der Waals surface area contributed by atoms with E-state index >= 15 is 0 Å². The van der Waals surface area contributed by atoms with Crippen LogP contribution in [0.15, 0.2) is 61.2 Å². The van der Waals surface area contributed by atoms with Crippen LogP contribution in [-0.2, 0) is 7.05 Å². The second-order valence-electron chi connectivity index (χ2n) is 6.57. The molecule has 0 aliphatic carbocycles. The highest BCUT2D eigenvalue weighted by Crippen LogP contribution is 2.31. The number of aromatic amines is 1. The molecule has 5 aromatic rings. The molecule has 134 valence electrons. The summed E-state index contributed by atoms with van der Waals surface area (Å²) in [6.45, 7) is 2.05. The van der Waals surface area contributed by atoms with E-state index in [9.17, 15) is 0 Å². The molecule has 4 heterocycles. The van der Waals surface area contributed by atoms with Gasteiger partial charge in [-0.3, -0.25) is 9.78 Å². The molecule has 0 bridgehead atoms. The number of nitrogens with zero attached hydrogens (tertiary/aromatic N) is 5. The number of H-pyrrole nitrogens is 1. The number of hydrogen-bond donors (Lipinski definition) is 1. The lowest BCUT2D eigenvalue weighted by Gasteiger charge is -2.16. The van der Waals surface area contributed by atoms with Gasteiger partial charge in [-0.25, -0.2) is 4.52 Å². The highest BCUT2D eigenvalue weighted by atomic mass is 16.5. The summed E-state index contributed by atoms with van der Waals surface area (Å²) in [7, 11) is 1.89. The second-order valence-corrected chi connectivity index (χ2v) is 6.57. The highest BCUT2D eigenvalue weighted by molar-refractivity contribution is 5.93. The van der Waals surface area contributed by atoms with Crippen LogP contribution >= 0.6 is 0 Å². The fourth-order valence-electron chi connectivity index (χ4n) is 3.42. The first-order valence-electron chi connectivity index (χ1n) is 8.75. The van der Waals surface area contributed by atoms with E-state index in [0.29, 0.717) is 0 Å². The van der Waals surface area contributed by atoms with E-state index in [-0.39, 0.29) is 6.10 Å². The Bertz CT molecular complexity index is 1250. The predicted octanol–water partition coefficient (Wildman–Crippen LogP) is 3.75. The van der Waals surface area contributed by atoms with Crippen molar-refractivity contribution in [2.75, 3.05) is 0 Å². The molecule has 0 aliphatic heterocycles. The van der Waals surface area contributed by atoms with Crippen molar-refractivity contribution in [3.8, 4) is 17.0 Å². The summed E-state index contributed by atoms with van der Waals surface area (Å²) in [5.74, 6) is 0.794. The molecule has 0 aliphatic rings. The van der Waals surface area contributed by atoms with Crippen molar-refractivity contribution in [1.29, 1.82) is 0 Å². The van der Waals surface area contributed by atoms with Crippen molar-refractivity contribution >= 4 is 16.4 Å². The molecule has 0 radical (unpaired) electrons. The Morgan fingerprint density at radius 1 is 1.15 bits per heavy atom. The van der Waals surface area contributed by atoms with Gasteiger partial charge in [0.1, 0.15) is 17.5 Å². The quantitative estimate of drug-likeness (QED) is 0.531. The van der Waals surface area contributed by atoms with E-state index in [0.717, 1.165) is 39.0 Å². The third-order valence-electron chi connectivity index (χ3n) is 4.73. The Kier molecular flexibility index (Phi) is 3.46. The molecular formula is C20H18N6O. The molecule has 1 aromatic carbocycles. The third-order valence-corrected chi connectivity index (χ3v) is 4.73. The summed E-state index contributed by atoms with van der Waals surface area (Å²) < 4.78 is 9.87. The van der Waals surface area contributed by atoms with Crippen molar-refractivity contribution in [2.24, 2.45) is 7.05 Å². The Balaban J connectivity index is 1.51. The average molecular weight is 358 g/mol. The van der Waals surface area contributed by atoms with E-state index in [2.05, 4.69) is 26.5 Å². The average Bonchev–Trinajstić information content (AvgIpc) is 3.39. The molecule has 7 nitrogen and oxygen atoms in total. The summed E-state index contributed by atoms with van der Waals surface area (Å²) in [6, 6.07) is 12.0. The largest absolute Gasteiger partial charge is 0.486 e. The molecule has 0 amide bonds. The number of pyridine rings is 1. The van der Waals surface area contributed by atoms with Gasteiger partial charge < -0.3 is 4.74 Å². The minimum atomic E-state index is -0.114. The molecule has 27 heavy (non-hydrogen) atoms. The topological polar surface area (TPSA) is 73.0 Å². The minimum Gasteiger partial charge on any atom is -0.486 e. The number of ether oxygens (including phenoxy) is 1. The van der Waals surface area contributed by atoms with Crippen LogP contribution in [0.1, 0.15) is 18.6 Å². The van der Waals surface area contributed by atoms with E-state index in [1.165, 1.54) is 0 Å². The summed E-state index contributed by atoms with van der Waals surface area (Å²) in [6.07, 6.45) is 7.38. The van der Waals surface area contributed by atoms with Crippen LogP contribution in [0, 0.1) is 0 Å². The maximum atomic E-state index is 6.25. The van der Waals surface area contributed by atoms with E-state index in [1.807, 2.05) is 67.4 Å². The summed E-state index contributed by atoms with van der Waals surface area (Å²) in [4.78, 5) is 0. The van der Waals surface area contributed by atoms with Crippen molar-refractivity contribution in [2.45, 2.75) is 13.0 Å². The normalized spacial score (nSPS) is 12.7. The molecule has 1 atom stereocenters. The molecule has 1 N–H and O–H groups in total. The van der Waals surface area contributed by atoms with Crippen LogP contribution < -0.4 is 4.74 Å². The molecule has 1 unspecified atom stereocenters. The molecule has 0 fully saturated rings. The second kappa shape index (κ2) is 5.98. The minimum absolute atomic E-state index is 0.114. The zero-order valence-corrected chi connectivity index (χ0v) is 15.0. The van der Waals surface area contributed by atoms with Crippen molar-refractivity contribution in [1.82, 2.24) is 29.6 Å². The first kappa shape index (κ1) is 15.6. The lowest BCUT2D eigenvalue weighted by atomic mass is 10.1. The van der Waals surface area contributed by atoms with Gasteiger partial charge in [-0.1, -0.05) is 6.07 Å². The fraction of sp³-hybridized carbons (Fsp3) is 0.150. The van der Waals surface area contributed by atoms with Crippen LogP contribution in [0.5, 0.6) is 5.75 Å². The van der Waals surface area contributed by atoms with Crippen LogP contribution in [0.2, 0.25) is 0 Å². The number of nitrogens with one attached hydrogen (secondary N) is 1. The number of hydrogen-bond acceptors (Lipinski definition) is 4. The standard InChI is InChI=1S/C20H18N6O/c1-13(16-4-3-9-26-19(16)7-8-21-26)27-15-5-6-18-17(10-15)20(24-23-18)14-11-22-25(2)12-14/h3-13H,1-2H3,(H,23,24). The third kappa shape index (κ3) is 2.64. The zero-order chi connectivity index (χ0) is 18.4. The lowest BCUT2D eigenvalue weighted by molar-refractivity contribution is 0.228. The number of aromatic nitrogens is 6. The Hall–Kier alpha value is -3.61. The number of fused-ring (bicyclic) bond motifs is 2. The van der Waals surface area contributed by atoms with Crippen LogP contribution in [0.4, 0.5) is 0 Å². The number of rotatable bonds is 4. The van der Waals surface area contributed by atoms with Gasteiger partial charge in [0.2, 0.25) is 0 Å². The number of benzene rings is 1. The van der Waals surface area contributed by atoms with Crippen LogP contribution in [0.3, 0.4) is 0 Å². The Morgan fingerprint density at radius 3 is 2.93 bits per heavy atom.